The summed E-state index contributed by atoms with van der Waals surface area (Å²) >= 11 is 0. The zero-order valence-electron chi connectivity index (χ0n) is 12.2. The maximum Gasteiger partial charge on any atom is 0.254 e. The van der Waals surface area contributed by atoms with Crippen LogP contribution in [0.4, 0.5) is 0 Å². The number of hydrogen-bond acceptors (Lipinski definition) is 3. The van der Waals surface area contributed by atoms with Crippen molar-refractivity contribution in [1.29, 1.82) is 0 Å². The van der Waals surface area contributed by atoms with E-state index < -0.39 is 0 Å². The first-order valence-corrected chi connectivity index (χ1v) is 6.86. The molecular formula is C15H24ClN3O. The highest BCUT2D eigenvalue weighted by molar-refractivity contribution is 5.94. The molecule has 1 aromatic carbocycles. The van der Waals surface area contributed by atoms with Gasteiger partial charge in [-0.05, 0) is 44.6 Å². The number of carbonyl (C=O) groups is 1. The lowest BCUT2D eigenvalue weighted by atomic mass is 10.1. The smallest absolute Gasteiger partial charge is 0.254 e. The summed E-state index contributed by atoms with van der Waals surface area (Å²) in [5.74, 6) is 0.146. The van der Waals surface area contributed by atoms with Gasteiger partial charge in [-0.1, -0.05) is 12.1 Å². The molecule has 1 unspecified atom stereocenters. The van der Waals surface area contributed by atoms with Crippen LogP contribution in [0.25, 0.3) is 0 Å². The lowest BCUT2D eigenvalue weighted by Crippen LogP contribution is -2.41. The summed E-state index contributed by atoms with van der Waals surface area (Å²) in [4.78, 5) is 16.7. The van der Waals surface area contributed by atoms with Crippen LogP contribution in [-0.2, 0) is 6.54 Å². The Morgan fingerprint density at radius 3 is 2.55 bits per heavy atom. The molecule has 2 rings (SSSR count). The molecule has 5 heteroatoms. The van der Waals surface area contributed by atoms with E-state index in [1.165, 1.54) is 0 Å². The van der Waals surface area contributed by atoms with Crippen molar-refractivity contribution in [2.45, 2.75) is 25.4 Å². The number of likely N-dealkylation sites (tertiary alicyclic amines) is 1. The Labute approximate surface area is 127 Å². The van der Waals surface area contributed by atoms with Crippen molar-refractivity contribution in [2.75, 3.05) is 27.2 Å². The first kappa shape index (κ1) is 17.0. The van der Waals surface area contributed by atoms with Gasteiger partial charge in [-0.2, -0.15) is 0 Å². The van der Waals surface area contributed by atoms with Crippen molar-refractivity contribution in [3.05, 3.63) is 35.4 Å². The van der Waals surface area contributed by atoms with Gasteiger partial charge in [0.05, 0.1) is 0 Å². The van der Waals surface area contributed by atoms with E-state index >= 15 is 0 Å². The van der Waals surface area contributed by atoms with E-state index in [-0.39, 0.29) is 18.3 Å². The van der Waals surface area contributed by atoms with Gasteiger partial charge >= 0.3 is 0 Å². The first-order chi connectivity index (χ1) is 9.11. The summed E-state index contributed by atoms with van der Waals surface area (Å²) in [6.07, 6.45) is 2.20. The van der Waals surface area contributed by atoms with Crippen LogP contribution in [0.5, 0.6) is 0 Å². The van der Waals surface area contributed by atoms with Gasteiger partial charge < -0.3 is 15.5 Å². The summed E-state index contributed by atoms with van der Waals surface area (Å²) in [5, 5.41) is 0. The minimum absolute atomic E-state index is 0. The van der Waals surface area contributed by atoms with Crippen LogP contribution < -0.4 is 5.73 Å². The average molecular weight is 298 g/mol. The molecule has 0 saturated carbocycles. The maximum absolute atomic E-state index is 12.5. The van der Waals surface area contributed by atoms with Crippen LogP contribution in [0.2, 0.25) is 0 Å². The SMILES string of the molecule is CN(C)CC1CCCN1C(=O)c1ccc(CN)cc1.Cl. The van der Waals surface area contributed by atoms with Crippen molar-refractivity contribution in [1.82, 2.24) is 9.80 Å². The molecule has 0 aliphatic carbocycles. The van der Waals surface area contributed by atoms with E-state index in [9.17, 15) is 4.79 Å². The number of carbonyl (C=O) groups excluding carboxylic acids is 1. The highest BCUT2D eigenvalue weighted by Crippen LogP contribution is 2.20. The number of nitrogens with two attached hydrogens (primary N) is 1. The van der Waals surface area contributed by atoms with E-state index in [1.54, 1.807) is 0 Å². The Balaban J connectivity index is 0.00000200. The van der Waals surface area contributed by atoms with Crippen molar-refractivity contribution in [2.24, 2.45) is 5.73 Å². The van der Waals surface area contributed by atoms with E-state index in [0.717, 1.165) is 37.1 Å². The molecule has 1 aliphatic heterocycles. The molecule has 1 atom stereocenters. The lowest BCUT2D eigenvalue weighted by Gasteiger charge is -2.27. The molecule has 0 bridgehead atoms. The number of hydrogen-bond donors (Lipinski definition) is 1. The number of amides is 1. The summed E-state index contributed by atoms with van der Waals surface area (Å²) in [6.45, 7) is 2.32. The van der Waals surface area contributed by atoms with Gasteiger partial charge in [0.2, 0.25) is 0 Å². The van der Waals surface area contributed by atoms with Crippen LogP contribution in [0.15, 0.2) is 24.3 Å². The number of rotatable bonds is 4. The number of nitrogens with zero attached hydrogens (tertiary/aromatic N) is 2. The monoisotopic (exact) mass is 297 g/mol. The summed E-state index contributed by atoms with van der Waals surface area (Å²) in [7, 11) is 4.11. The Morgan fingerprint density at radius 1 is 1.35 bits per heavy atom. The van der Waals surface area contributed by atoms with Crippen LogP contribution in [-0.4, -0.2) is 48.9 Å². The Hall–Kier alpha value is -1.10. The van der Waals surface area contributed by atoms with E-state index in [1.807, 2.05) is 29.2 Å². The van der Waals surface area contributed by atoms with Gasteiger partial charge in [0, 0.05) is 31.2 Å². The molecule has 1 saturated heterocycles. The molecule has 1 amide bonds. The molecule has 0 spiro atoms. The second-order valence-electron chi connectivity index (χ2n) is 5.46. The molecule has 2 N–H and O–H groups in total. The van der Waals surface area contributed by atoms with Gasteiger partial charge in [0.15, 0.2) is 0 Å². The second-order valence-corrected chi connectivity index (χ2v) is 5.46. The van der Waals surface area contributed by atoms with Gasteiger partial charge in [-0.15, -0.1) is 12.4 Å². The van der Waals surface area contributed by atoms with Gasteiger partial charge in [0.25, 0.3) is 5.91 Å². The second kappa shape index (κ2) is 7.62. The van der Waals surface area contributed by atoms with Crippen LogP contribution in [0, 0.1) is 0 Å². The summed E-state index contributed by atoms with van der Waals surface area (Å²) in [5.41, 5.74) is 7.40. The fourth-order valence-corrected chi connectivity index (χ4v) is 2.66. The molecule has 4 nitrogen and oxygen atoms in total. The molecule has 1 aliphatic rings. The standard InChI is InChI=1S/C15H23N3O.ClH/c1-17(2)11-14-4-3-9-18(14)15(19)13-7-5-12(10-16)6-8-13;/h5-8,14H,3-4,9-11,16H2,1-2H3;1H. The third-order valence-electron chi connectivity index (χ3n) is 3.65. The molecule has 1 aromatic rings. The van der Waals surface area contributed by atoms with Crippen LogP contribution in [0.3, 0.4) is 0 Å². The van der Waals surface area contributed by atoms with Gasteiger partial charge in [0.1, 0.15) is 0 Å². The van der Waals surface area contributed by atoms with E-state index in [2.05, 4.69) is 19.0 Å². The molecule has 1 fully saturated rings. The fourth-order valence-electron chi connectivity index (χ4n) is 2.66. The number of likely N-dealkylation sites (N-methyl/N-ethyl adjacent to an activating group) is 1. The highest BCUT2D eigenvalue weighted by atomic mass is 35.5. The molecular weight excluding hydrogens is 274 g/mol. The normalized spacial score (nSPS) is 18.2. The predicted octanol–water partition coefficient (Wildman–Crippen LogP) is 1.73. The Morgan fingerprint density at radius 2 is 2.00 bits per heavy atom. The Kier molecular flexibility index (Phi) is 6.46. The zero-order chi connectivity index (χ0) is 13.8. The largest absolute Gasteiger partial charge is 0.334 e. The average Bonchev–Trinajstić information content (AvgIpc) is 2.85. The minimum Gasteiger partial charge on any atom is -0.334 e. The fraction of sp³-hybridized carbons (Fsp3) is 0.533. The molecule has 0 aromatic heterocycles. The third kappa shape index (κ3) is 3.95. The summed E-state index contributed by atoms with van der Waals surface area (Å²) in [6, 6.07) is 7.98. The Bertz CT molecular complexity index is 433. The first-order valence-electron chi connectivity index (χ1n) is 6.86. The predicted molar refractivity (Wildman–Crippen MR) is 84.2 cm³/mol. The molecule has 0 radical (unpaired) electrons. The van der Waals surface area contributed by atoms with E-state index in [0.29, 0.717) is 12.6 Å². The summed E-state index contributed by atoms with van der Waals surface area (Å²) < 4.78 is 0. The van der Waals surface area contributed by atoms with Crippen LogP contribution in [0.1, 0.15) is 28.8 Å². The van der Waals surface area contributed by atoms with E-state index in [4.69, 9.17) is 5.73 Å². The zero-order valence-corrected chi connectivity index (χ0v) is 13.0. The van der Waals surface area contributed by atoms with Gasteiger partial charge in [-0.25, -0.2) is 0 Å². The van der Waals surface area contributed by atoms with Crippen molar-refractivity contribution >= 4 is 18.3 Å². The van der Waals surface area contributed by atoms with Crippen molar-refractivity contribution < 1.29 is 4.79 Å². The van der Waals surface area contributed by atoms with Gasteiger partial charge in [-0.3, -0.25) is 4.79 Å². The third-order valence-corrected chi connectivity index (χ3v) is 3.65. The van der Waals surface area contributed by atoms with Crippen LogP contribution >= 0.6 is 12.4 Å². The topological polar surface area (TPSA) is 49.6 Å². The number of halogens is 1. The van der Waals surface area contributed by atoms with Crippen molar-refractivity contribution in [3.8, 4) is 0 Å². The molecule has 20 heavy (non-hydrogen) atoms. The molecule has 112 valence electrons. The van der Waals surface area contributed by atoms with Crippen molar-refractivity contribution in [3.63, 3.8) is 0 Å². The minimum atomic E-state index is 0. The highest BCUT2D eigenvalue weighted by Gasteiger charge is 2.29. The maximum atomic E-state index is 12.5. The quantitative estimate of drug-likeness (QED) is 0.921. The lowest BCUT2D eigenvalue weighted by molar-refractivity contribution is 0.0716. The number of benzene rings is 1. The molecule has 1 heterocycles.